The van der Waals surface area contributed by atoms with E-state index in [4.69, 9.17) is 18.9 Å². The maximum atomic E-state index is 12.8. The average Bonchev–Trinajstić information content (AvgIpc) is 2.91. The zero-order valence-electron chi connectivity index (χ0n) is 22.1. The third-order valence-electron chi connectivity index (χ3n) is 8.46. The molecule has 0 heterocycles. The lowest BCUT2D eigenvalue weighted by Crippen LogP contribution is -2.32. The molecule has 0 atom stereocenters. The molecule has 3 aliphatic carbocycles. The van der Waals surface area contributed by atoms with Crippen molar-refractivity contribution in [1.29, 1.82) is 0 Å². The molecule has 7 heteroatoms. The molecule has 36 heavy (non-hydrogen) atoms. The van der Waals surface area contributed by atoms with Crippen molar-refractivity contribution in [2.24, 2.45) is 23.7 Å². The van der Waals surface area contributed by atoms with E-state index in [0.29, 0.717) is 57.8 Å². The maximum absolute atomic E-state index is 12.8. The Kier molecular flexibility index (Phi) is 12.3. The summed E-state index contributed by atoms with van der Waals surface area (Å²) in [5.41, 5.74) is 0. The Morgan fingerprint density at radius 1 is 0.694 bits per heavy atom. The van der Waals surface area contributed by atoms with Gasteiger partial charge in [0.25, 0.3) is 0 Å². The summed E-state index contributed by atoms with van der Waals surface area (Å²) in [6.45, 7) is 3.97. The molecule has 0 aliphatic heterocycles. The second kappa shape index (κ2) is 15.4. The molecule has 3 saturated carbocycles. The summed E-state index contributed by atoms with van der Waals surface area (Å²) >= 11 is 0. The van der Waals surface area contributed by atoms with E-state index in [1.54, 1.807) is 0 Å². The highest BCUT2D eigenvalue weighted by molar-refractivity contribution is 5.81. The minimum atomic E-state index is -0.439. The molecular formula is C29H46O7. The van der Waals surface area contributed by atoms with E-state index in [1.807, 2.05) is 7.11 Å². The Bertz CT molecular complexity index is 696. The van der Waals surface area contributed by atoms with Gasteiger partial charge in [0, 0.05) is 13.2 Å². The molecule has 3 rings (SSSR count). The number of hydrogen-bond donors (Lipinski definition) is 0. The standard InChI is InChI=1S/C29H46O7/c1-3-27(30)34-18-4-5-19-35-28(31)23-10-12-24(13-11-23)29(32)36-26-16-8-22(9-17-26)20-21-6-14-25(33-2)15-7-21/h3,21-26H,1,4-20H2,2H3. The first kappa shape index (κ1) is 28.7. The van der Waals surface area contributed by atoms with Gasteiger partial charge in [0.15, 0.2) is 0 Å². The van der Waals surface area contributed by atoms with Gasteiger partial charge in [-0.15, -0.1) is 0 Å². The first-order valence-electron chi connectivity index (χ1n) is 14.2. The Morgan fingerprint density at radius 3 is 1.72 bits per heavy atom. The lowest BCUT2D eigenvalue weighted by molar-refractivity contribution is -0.160. The summed E-state index contributed by atoms with van der Waals surface area (Å²) in [5, 5.41) is 0. The number of hydrogen-bond acceptors (Lipinski definition) is 7. The van der Waals surface area contributed by atoms with Crippen LogP contribution in [0.5, 0.6) is 0 Å². The van der Waals surface area contributed by atoms with Crippen LogP contribution < -0.4 is 0 Å². The highest BCUT2D eigenvalue weighted by Gasteiger charge is 2.34. The van der Waals surface area contributed by atoms with Crippen molar-refractivity contribution in [3.63, 3.8) is 0 Å². The molecule has 0 N–H and O–H groups in total. The summed E-state index contributed by atoms with van der Waals surface area (Å²) in [5.74, 6) is 0.684. The van der Waals surface area contributed by atoms with Crippen LogP contribution in [0.2, 0.25) is 0 Å². The fourth-order valence-corrected chi connectivity index (χ4v) is 6.11. The number of unbranched alkanes of at least 4 members (excludes halogenated alkanes) is 1. The van der Waals surface area contributed by atoms with E-state index in [0.717, 1.165) is 43.6 Å². The van der Waals surface area contributed by atoms with Crippen LogP contribution in [0.3, 0.4) is 0 Å². The van der Waals surface area contributed by atoms with Gasteiger partial charge in [-0.2, -0.15) is 0 Å². The van der Waals surface area contributed by atoms with Gasteiger partial charge in [0.05, 0.1) is 31.2 Å². The van der Waals surface area contributed by atoms with Gasteiger partial charge in [-0.1, -0.05) is 6.58 Å². The number of ether oxygens (including phenoxy) is 4. The second-order valence-corrected chi connectivity index (χ2v) is 11.0. The molecule has 0 aromatic carbocycles. The second-order valence-electron chi connectivity index (χ2n) is 11.0. The van der Waals surface area contributed by atoms with Crippen molar-refractivity contribution in [3.05, 3.63) is 12.7 Å². The smallest absolute Gasteiger partial charge is 0.330 e. The number of carbonyl (C=O) groups is 3. The normalized spacial score (nSPS) is 30.7. The van der Waals surface area contributed by atoms with Crippen molar-refractivity contribution in [2.45, 2.75) is 109 Å². The first-order chi connectivity index (χ1) is 17.5. The average molecular weight is 507 g/mol. The van der Waals surface area contributed by atoms with Crippen LogP contribution in [0.15, 0.2) is 12.7 Å². The molecule has 3 aliphatic rings. The Labute approximate surface area is 216 Å². The molecule has 0 bridgehead atoms. The number of esters is 3. The lowest BCUT2D eigenvalue weighted by Gasteiger charge is -2.34. The van der Waals surface area contributed by atoms with Crippen LogP contribution in [0.25, 0.3) is 0 Å². The van der Waals surface area contributed by atoms with Crippen LogP contribution in [0.4, 0.5) is 0 Å². The van der Waals surface area contributed by atoms with Crippen LogP contribution in [-0.4, -0.2) is 50.4 Å². The number of rotatable bonds is 12. The molecule has 0 aromatic rings. The van der Waals surface area contributed by atoms with Gasteiger partial charge >= 0.3 is 17.9 Å². The van der Waals surface area contributed by atoms with Crippen molar-refractivity contribution in [3.8, 4) is 0 Å². The van der Waals surface area contributed by atoms with Crippen molar-refractivity contribution in [2.75, 3.05) is 20.3 Å². The van der Waals surface area contributed by atoms with E-state index in [1.165, 1.54) is 32.1 Å². The molecule has 0 spiro atoms. The number of carbonyl (C=O) groups excluding carboxylic acids is 3. The van der Waals surface area contributed by atoms with E-state index in [9.17, 15) is 14.4 Å². The van der Waals surface area contributed by atoms with Gasteiger partial charge in [-0.25, -0.2) is 4.79 Å². The third-order valence-corrected chi connectivity index (χ3v) is 8.46. The van der Waals surface area contributed by atoms with E-state index < -0.39 is 5.97 Å². The van der Waals surface area contributed by atoms with Gasteiger partial charge in [-0.3, -0.25) is 9.59 Å². The van der Waals surface area contributed by atoms with Crippen LogP contribution in [-0.2, 0) is 33.3 Å². The van der Waals surface area contributed by atoms with Crippen LogP contribution in [0, 0.1) is 23.7 Å². The van der Waals surface area contributed by atoms with E-state index in [2.05, 4.69) is 6.58 Å². The van der Waals surface area contributed by atoms with Crippen molar-refractivity contribution >= 4 is 17.9 Å². The fraction of sp³-hybridized carbons (Fsp3) is 0.828. The summed E-state index contributed by atoms with van der Waals surface area (Å²) in [6.07, 6.45) is 16.3. The topological polar surface area (TPSA) is 88.1 Å². The predicted octanol–water partition coefficient (Wildman–Crippen LogP) is 5.54. The summed E-state index contributed by atoms with van der Waals surface area (Å²) < 4.78 is 21.7. The van der Waals surface area contributed by atoms with Crippen LogP contribution in [0.1, 0.15) is 96.3 Å². The molecule has 7 nitrogen and oxygen atoms in total. The molecule has 0 radical (unpaired) electrons. The van der Waals surface area contributed by atoms with Crippen molar-refractivity contribution < 1.29 is 33.3 Å². The predicted molar refractivity (Wildman–Crippen MR) is 136 cm³/mol. The molecule has 0 saturated heterocycles. The molecular weight excluding hydrogens is 460 g/mol. The Hall–Kier alpha value is -1.89. The van der Waals surface area contributed by atoms with Crippen LogP contribution >= 0.6 is 0 Å². The minimum absolute atomic E-state index is 0.0615. The largest absolute Gasteiger partial charge is 0.465 e. The maximum Gasteiger partial charge on any atom is 0.330 e. The summed E-state index contributed by atoms with van der Waals surface area (Å²) in [7, 11) is 1.83. The van der Waals surface area contributed by atoms with E-state index in [-0.39, 0.29) is 29.9 Å². The third kappa shape index (κ3) is 9.53. The Balaban J connectivity index is 1.24. The molecule has 204 valence electrons. The summed E-state index contributed by atoms with van der Waals surface area (Å²) in [4.78, 5) is 36.1. The fourth-order valence-electron chi connectivity index (χ4n) is 6.11. The molecule has 0 aromatic heterocycles. The molecule has 0 unspecified atom stereocenters. The van der Waals surface area contributed by atoms with Crippen molar-refractivity contribution in [1.82, 2.24) is 0 Å². The summed E-state index contributed by atoms with van der Waals surface area (Å²) in [6, 6.07) is 0. The highest BCUT2D eigenvalue weighted by atomic mass is 16.5. The molecule has 0 amide bonds. The molecule has 3 fully saturated rings. The quantitative estimate of drug-likeness (QED) is 0.149. The number of methoxy groups -OCH3 is 1. The monoisotopic (exact) mass is 506 g/mol. The van der Waals surface area contributed by atoms with Gasteiger partial charge in [0.1, 0.15) is 6.10 Å². The van der Waals surface area contributed by atoms with Gasteiger partial charge < -0.3 is 18.9 Å². The minimum Gasteiger partial charge on any atom is -0.465 e. The van der Waals surface area contributed by atoms with E-state index >= 15 is 0 Å². The first-order valence-corrected chi connectivity index (χ1v) is 14.2. The lowest BCUT2D eigenvalue weighted by atomic mass is 9.76. The Morgan fingerprint density at radius 2 is 1.19 bits per heavy atom. The highest BCUT2D eigenvalue weighted by Crippen LogP contribution is 2.37. The van der Waals surface area contributed by atoms with Gasteiger partial charge in [-0.05, 0) is 108 Å². The SMILES string of the molecule is C=CC(=O)OCCCCOC(=O)C1CCC(C(=O)OC2CCC(CC3CCC(OC)CC3)CC2)CC1. The zero-order chi connectivity index (χ0) is 25.8. The zero-order valence-corrected chi connectivity index (χ0v) is 22.1. The van der Waals surface area contributed by atoms with Gasteiger partial charge in [0.2, 0.25) is 0 Å².